The first-order valence-corrected chi connectivity index (χ1v) is 7.43. The van der Waals surface area contributed by atoms with E-state index in [2.05, 4.69) is 27.7 Å². The van der Waals surface area contributed by atoms with E-state index < -0.39 is 6.10 Å². The van der Waals surface area contributed by atoms with Crippen LogP contribution in [0.1, 0.15) is 52.2 Å². The molecule has 112 valence electrons. The zero-order valence-electron chi connectivity index (χ0n) is 13.0. The van der Waals surface area contributed by atoms with E-state index in [-0.39, 0.29) is 0 Å². The van der Waals surface area contributed by atoms with Crippen LogP contribution in [0.3, 0.4) is 0 Å². The number of benzene rings is 1. The molecule has 1 aromatic carbocycles. The monoisotopic (exact) mass is 278 g/mol. The summed E-state index contributed by atoms with van der Waals surface area (Å²) in [5.74, 6) is 2.00. The number of ether oxygens (including phenoxy) is 2. The predicted molar refractivity (Wildman–Crippen MR) is 80.2 cm³/mol. The van der Waals surface area contributed by atoms with Gasteiger partial charge in [0.1, 0.15) is 13.2 Å². The lowest BCUT2D eigenvalue weighted by Crippen LogP contribution is -2.16. The van der Waals surface area contributed by atoms with Gasteiger partial charge in [0.2, 0.25) is 0 Å². The number of hydrogen-bond donors (Lipinski definition) is 1. The van der Waals surface area contributed by atoms with Crippen molar-refractivity contribution in [2.45, 2.75) is 46.6 Å². The van der Waals surface area contributed by atoms with E-state index in [0.29, 0.717) is 24.5 Å². The van der Waals surface area contributed by atoms with Gasteiger partial charge in [-0.1, -0.05) is 33.8 Å². The van der Waals surface area contributed by atoms with Gasteiger partial charge in [0.15, 0.2) is 11.5 Å². The Balaban J connectivity index is 2.00. The van der Waals surface area contributed by atoms with Gasteiger partial charge in [-0.3, -0.25) is 0 Å². The van der Waals surface area contributed by atoms with Crippen LogP contribution in [0.4, 0.5) is 0 Å². The van der Waals surface area contributed by atoms with Crippen LogP contribution in [0.15, 0.2) is 18.2 Å². The number of rotatable bonds is 4. The van der Waals surface area contributed by atoms with E-state index in [9.17, 15) is 5.11 Å². The van der Waals surface area contributed by atoms with Crippen molar-refractivity contribution in [3.05, 3.63) is 23.8 Å². The van der Waals surface area contributed by atoms with E-state index in [1.807, 2.05) is 18.2 Å². The summed E-state index contributed by atoms with van der Waals surface area (Å²) in [5, 5.41) is 10.4. The van der Waals surface area contributed by atoms with Crippen molar-refractivity contribution >= 4 is 0 Å². The molecular formula is C17H26O3. The molecule has 0 spiro atoms. The lowest BCUT2D eigenvalue weighted by atomic mass is 9.82. The highest BCUT2D eigenvalue weighted by molar-refractivity contribution is 5.44. The van der Waals surface area contributed by atoms with Crippen molar-refractivity contribution in [1.29, 1.82) is 0 Å². The molecule has 3 nitrogen and oxygen atoms in total. The van der Waals surface area contributed by atoms with Crippen LogP contribution in [-0.2, 0) is 0 Å². The third-order valence-electron chi connectivity index (χ3n) is 3.54. The van der Waals surface area contributed by atoms with Gasteiger partial charge < -0.3 is 14.6 Å². The Morgan fingerprint density at radius 1 is 1.15 bits per heavy atom. The minimum atomic E-state index is -0.442. The highest BCUT2D eigenvalue weighted by atomic mass is 16.6. The predicted octanol–water partition coefficient (Wildman–Crippen LogP) is 3.95. The first kappa shape index (κ1) is 15.2. The maximum Gasteiger partial charge on any atom is 0.161 e. The van der Waals surface area contributed by atoms with Crippen LogP contribution in [0.2, 0.25) is 0 Å². The number of fused-ring (bicyclic) bond motifs is 1. The molecule has 2 unspecified atom stereocenters. The minimum absolute atomic E-state index is 0.298. The van der Waals surface area contributed by atoms with Crippen molar-refractivity contribution in [2.75, 3.05) is 13.2 Å². The van der Waals surface area contributed by atoms with Crippen molar-refractivity contribution < 1.29 is 14.6 Å². The molecule has 2 atom stereocenters. The van der Waals surface area contributed by atoms with Gasteiger partial charge in [0.05, 0.1) is 6.10 Å². The van der Waals surface area contributed by atoms with E-state index in [1.165, 1.54) is 0 Å². The fourth-order valence-electron chi connectivity index (χ4n) is 2.91. The Kier molecular flexibility index (Phi) is 4.59. The Morgan fingerprint density at radius 3 is 2.45 bits per heavy atom. The van der Waals surface area contributed by atoms with Crippen molar-refractivity contribution in [3.63, 3.8) is 0 Å². The van der Waals surface area contributed by atoms with E-state index in [1.54, 1.807) is 0 Å². The van der Waals surface area contributed by atoms with E-state index in [0.717, 1.165) is 29.9 Å². The summed E-state index contributed by atoms with van der Waals surface area (Å²) in [7, 11) is 0. The number of aliphatic hydroxyl groups is 1. The highest BCUT2D eigenvalue weighted by Gasteiger charge is 2.20. The average molecular weight is 278 g/mol. The quantitative estimate of drug-likeness (QED) is 0.906. The van der Waals surface area contributed by atoms with Crippen molar-refractivity contribution in [1.82, 2.24) is 0 Å². The average Bonchev–Trinajstić information content (AvgIpc) is 2.35. The second-order valence-electron chi connectivity index (χ2n) is 7.02. The summed E-state index contributed by atoms with van der Waals surface area (Å²) in [5.41, 5.74) is 1.21. The SMILES string of the molecule is CC(CC(O)c1ccc2c(c1)OCCO2)CC(C)(C)C. The lowest BCUT2D eigenvalue weighted by Gasteiger charge is -2.25. The minimum Gasteiger partial charge on any atom is -0.486 e. The molecule has 1 aliphatic heterocycles. The molecule has 2 rings (SSSR count). The second-order valence-corrected chi connectivity index (χ2v) is 7.02. The van der Waals surface area contributed by atoms with Crippen molar-refractivity contribution in [2.24, 2.45) is 11.3 Å². The third-order valence-corrected chi connectivity index (χ3v) is 3.54. The van der Waals surface area contributed by atoms with Crippen LogP contribution < -0.4 is 9.47 Å². The summed E-state index contributed by atoms with van der Waals surface area (Å²) in [6, 6.07) is 5.73. The molecular weight excluding hydrogens is 252 g/mol. The molecule has 3 heteroatoms. The topological polar surface area (TPSA) is 38.7 Å². The van der Waals surface area contributed by atoms with Gasteiger partial charge >= 0.3 is 0 Å². The fraction of sp³-hybridized carbons (Fsp3) is 0.647. The molecule has 0 saturated heterocycles. The maximum atomic E-state index is 10.4. The molecule has 0 aromatic heterocycles. The summed E-state index contributed by atoms with van der Waals surface area (Å²) in [6.45, 7) is 10.1. The van der Waals surface area contributed by atoms with E-state index >= 15 is 0 Å². The Morgan fingerprint density at radius 2 is 1.80 bits per heavy atom. The lowest BCUT2D eigenvalue weighted by molar-refractivity contribution is 0.132. The summed E-state index contributed by atoms with van der Waals surface area (Å²) >= 11 is 0. The molecule has 0 aliphatic carbocycles. The molecule has 0 fully saturated rings. The molecule has 20 heavy (non-hydrogen) atoms. The molecule has 0 radical (unpaired) electrons. The number of aliphatic hydroxyl groups excluding tert-OH is 1. The molecule has 0 amide bonds. The Hall–Kier alpha value is -1.22. The molecule has 0 bridgehead atoms. The normalized spacial score (nSPS) is 17.6. The highest BCUT2D eigenvalue weighted by Crippen LogP contribution is 2.35. The molecule has 1 aromatic rings. The number of hydrogen-bond acceptors (Lipinski definition) is 3. The summed E-state index contributed by atoms with van der Waals surface area (Å²) in [6.07, 6.45) is 1.44. The summed E-state index contributed by atoms with van der Waals surface area (Å²) in [4.78, 5) is 0. The third kappa shape index (κ3) is 4.14. The Bertz CT molecular complexity index is 448. The van der Waals surface area contributed by atoms with Crippen LogP contribution >= 0.6 is 0 Å². The van der Waals surface area contributed by atoms with Gasteiger partial charge in [0, 0.05) is 0 Å². The van der Waals surface area contributed by atoms with Crippen LogP contribution in [-0.4, -0.2) is 18.3 Å². The Labute approximate surface area is 121 Å². The maximum absolute atomic E-state index is 10.4. The first-order chi connectivity index (χ1) is 9.35. The van der Waals surface area contributed by atoms with Gasteiger partial charge in [-0.15, -0.1) is 0 Å². The van der Waals surface area contributed by atoms with Gasteiger partial charge in [-0.05, 0) is 41.9 Å². The second kappa shape index (κ2) is 6.04. The molecule has 1 aliphatic rings. The fourth-order valence-corrected chi connectivity index (χ4v) is 2.91. The zero-order chi connectivity index (χ0) is 14.8. The smallest absolute Gasteiger partial charge is 0.161 e. The molecule has 1 N–H and O–H groups in total. The van der Waals surface area contributed by atoms with Gasteiger partial charge in [-0.25, -0.2) is 0 Å². The first-order valence-electron chi connectivity index (χ1n) is 7.43. The standard InChI is InChI=1S/C17H26O3/c1-12(11-17(2,3)4)9-14(18)13-5-6-15-16(10-13)20-8-7-19-15/h5-6,10,12,14,18H,7-9,11H2,1-4H3. The van der Waals surface area contributed by atoms with E-state index in [4.69, 9.17) is 9.47 Å². The summed E-state index contributed by atoms with van der Waals surface area (Å²) < 4.78 is 11.1. The zero-order valence-corrected chi connectivity index (χ0v) is 13.0. The van der Waals surface area contributed by atoms with Crippen LogP contribution in [0, 0.1) is 11.3 Å². The molecule has 0 saturated carbocycles. The van der Waals surface area contributed by atoms with Crippen molar-refractivity contribution in [3.8, 4) is 11.5 Å². The van der Waals surface area contributed by atoms with Crippen LogP contribution in [0.5, 0.6) is 11.5 Å². The van der Waals surface area contributed by atoms with Crippen LogP contribution in [0.25, 0.3) is 0 Å². The van der Waals surface area contributed by atoms with Gasteiger partial charge in [0.25, 0.3) is 0 Å². The largest absolute Gasteiger partial charge is 0.486 e. The van der Waals surface area contributed by atoms with Gasteiger partial charge in [-0.2, -0.15) is 0 Å². The molecule has 1 heterocycles.